The molecule has 0 N–H and O–H groups in total. The normalized spacial score (nSPS) is 24.1. The van der Waals surface area contributed by atoms with E-state index in [1.807, 2.05) is 6.92 Å². The van der Waals surface area contributed by atoms with E-state index in [0.29, 0.717) is 47.4 Å². The van der Waals surface area contributed by atoms with Crippen LogP contribution in [-0.2, 0) is 9.53 Å². The van der Waals surface area contributed by atoms with Gasteiger partial charge in [0.25, 0.3) is 6.04 Å². The van der Waals surface area contributed by atoms with E-state index in [0.717, 1.165) is 19.3 Å². The summed E-state index contributed by atoms with van der Waals surface area (Å²) >= 11 is 6.37. The first kappa shape index (κ1) is 20.1. The molecule has 2 saturated carbocycles. The first-order valence-corrected chi connectivity index (χ1v) is 10.6. The van der Waals surface area contributed by atoms with E-state index in [2.05, 4.69) is 9.84 Å². The summed E-state index contributed by atoms with van der Waals surface area (Å²) in [5, 5.41) is 0.215. The Morgan fingerprint density at radius 2 is 2.03 bits per heavy atom. The number of hydrogen-bond donors (Lipinski definition) is 0. The van der Waals surface area contributed by atoms with E-state index in [-0.39, 0.29) is 5.02 Å². The van der Waals surface area contributed by atoms with E-state index in [4.69, 9.17) is 22.9 Å². The molecular weight excluding hydrogens is 391 g/mol. The minimum absolute atomic E-state index is 0.215. The highest BCUT2D eigenvalue weighted by Gasteiger charge is 2.44. The number of rotatable bonds is 7. The van der Waals surface area contributed by atoms with Crippen LogP contribution in [0.25, 0.3) is 4.85 Å². The fourth-order valence-electron chi connectivity index (χ4n) is 3.90. The molecule has 0 radical (unpaired) electrons. The average Bonchev–Trinajstić information content (AvgIpc) is 3.59. The summed E-state index contributed by atoms with van der Waals surface area (Å²) in [6.07, 6.45) is 6.24. The summed E-state index contributed by atoms with van der Waals surface area (Å²) in [5.41, 5.74) is 2.35. The first-order chi connectivity index (χ1) is 14.0. The van der Waals surface area contributed by atoms with E-state index in [9.17, 15) is 9.18 Å². The van der Waals surface area contributed by atoms with Crippen LogP contribution in [0.4, 0.5) is 4.39 Å². The van der Waals surface area contributed by atoms with Gasteiger partial charge in [0.2, 0.25) is 0 Å². The molecule has 0 amide bonds. The van der Waals surface area contributed by atoms with Crippen LogP contribution in [0.15, 0.2) is 34.5 Å². The molecule has 1 aliphatic heterocycles. The van der Waals surface area contributed by atoms with Gasteiger partial charge in [-0.2, -0.15) is 0 Å². The van der Waals surface area contributed by atoms with Crippen molar-refractivity contribution in [2.45, 2.75) is 57.4 Å². The molecule has 0 spiro atoms. The Bertz CT molecular complexity index is 925. The van der Waals surface area contributed by atoms with Gasteiger partial charge in [-0.1, -0.05) is 30.5 Å². The van der Waals surface area contributed by atoms with Gasteiger partial charge in [-0.05, 0) is 62.1 Å². The van der Waals surface area contributed by atoms with Crippen LogP contribution < -0.4 is 0 Å². The highest BCUT2D eigenvalue weighted by atomic mass is 35.5. The number of benzene rings is 1. The molecular formula is C23H24ClFN2O2. The predicted molar refractivity (Wildman–Crippen MR) is 110 cm³/mol. The Morgan fingerprint density at radius 1 is 1.31 bits per heavy atom. The third-order valence-corrected chi connectivity index (χ3v) is 6.29. The van der Waals surface area contributed by atoms with Crippen molar-refractivity contribution in [3.63, 3.8) is 0 Å². The molecule has 1 heterocycles. The summed E-state index contributed by atoms with van der Waals surface area (Å²) in [4.78, 5) is 21.6. The zero-order valence-electron chi connectivity index (χ0n) is 16.5. The first-order valence-electron chi connectivity index (χ1n) is 10.2. The summed E-state index contributed by atoms with van der Waals surface area (Å²) < 4.78 is 19.3. The number of halogens is 2. The van der Waals surface area contributed by atoms with E-state index in [1.165, 1.54) is 25.0 Å². The molecule has 1 aromatic carbocycles. The van der Waals surface area contributed by atoms with Crippen LogP contribution in [0.2, 0.25) is 5.02 Å². The maximum Gasteiger partial charge on any atom is 0.336 e. The molecule has 6 heteroatoms. The zero-order chi connectivity index (χ0) is 20.5. The highest BCUT2D eigenvalue weighted by Crippen LogP contribution is 2.43. The lowest BCUT2D eigenvalue weighted by molar-refractivity contribution is -0.140. The minimum atomic E-state index is -0.661. The van der Waals surface area contributed by atoms with Crippen LogP contribution in [-0.4, -0.2) is 24.3 Å². The van der Waals surface area contributed by atoms with Crippen molar-refractivity contribution < 1.29 is 13.9 Å². The van der Waals surface area contributed by atoms with Crippen LogP contribution >= 0.6 is 11.6 Å². The summed E-state index contributed by atoms with van der Waals surface area (Å²) in [5.74, 6) is -0.340. The van der Waals surface area contributed by atoms with Crippen LogP contribution in [0.5, 0.6) is 0 Å². The van der Waals surface area contributed by atoms with Crippen molar-refractivity contribution in [2.24, 2.45) is 16.8 Å². The maximum atomic E-state index is 13.7. The van der Waals surface area contributed by atoms with Gasteiger partial charge in [-0.25, -0.2) is 15.8 Å². The van der Waals surface area contributed by atoms with Crippen molar-refractivity contribution in [1.82, 2.24) is 0 Å². The Kier molecular flexibility index (Phi) is 5.74. The molecule has 3 aliphatic rings. The van der Waals surface area contributed by atoms with Gasteiger partial charge in [0, 0.05) is 5.02 Å². The lowest BCUT2D eigenvalue weighted by Gasteiger charge is -2.27. The largest absolute Gasteiger partial charge is 0.462 e. The van der Waals surface area contributed by atoms with Gasteiger partial charge < -0.3 is 9.58 Å². The van der Waals surface area contributed by atoms with E-state index in [1.54, 1.807) is 6.07 Å². The fraction of sp³-hybridized carbons (Fsp3) is 0.522. The smallest absolute Gasteiger partial charge is 0.336 e. The summed E-state index contributed by atoms with van der Waals surface area (Å²) in [6.45, 7) is 9.94. The number of nitrogens with zero attached hydrogens (tertiary/aromatic N) is 2. The topological polar surface area (TPSA) is 43.0 Å². The van der Waals surface area contributed by atoms with Crippen molar-refractivity contribution in [3.8, 4) is 0 Å². The second-order valence-corrected chi connectivity index (χ2v) is 8.76. The van der Waals surface area contributed by atoms with Gasteiger partial charge in [0.1, 0.15) is 11.7 Å². The SMILES string of the molecule is [C-]#[N+]C1C(C)=NC(CCC2CC2)=C(C(=O)OCC2CC2)C1c1ccc(F)cc1Cl. The van der Waals surface area contributed by atoms with Gasteiger partial charge in [-0.3, -0.25) is 4.99 Å². The molecule has 4 rings (SSSR count). The summed E-state index contributed by atoms with van der Waals surface area (Å²) in [7, 11) is 0. The van der Waals surface area contributed by atoms with Gasteiger partial charge in [0.15, 0.2) is 0 Å². The van der Waals surface area contributed by atoms with Crippen molar-refractivity contribution in [3.05, 3.63) is 57.3 Å². The van der Waals surface area contributed by atoms with E-state index >= 15 is 0 Å². The minimum Gasteiger partial charge on any atom is -0.462 e. The number of hydrogen-bond acceptors (Lipinski definition) is 3. The van der Waals surface area contributed by atoms with Gasteiger partial charge >= 0.3 is 5.97 Å². The predicted octanol–water partition coefficient (Wildman–Crippen LogP) is 5.72. The number of esters is 1. The molecule has 0 aromatic heterocycles. The number of allylic oxidation sites excluding steroid dienone is 1. The molecule has 2 unspecified atom stereocenters. The average molecular weight is 415 g/mol. The Labute approximate surface area is 175 Å². The molecule has 0 bridgehead atoms. The van der Waals surface area contributed by atoms with Crippen molar-refractivity contribution >= 4 is 23.3 Å². The standard InChI is InChI=1S/C23H24ClFN2O2/c1-13-22(26-2)20(17-9-8-16(25)11-18(17)24)21(23(28)29-12-15-5-6-15)19(27-13)10-7-14-3-4-14/h8-9,11,14-15,20,22H,3-7,10,12H2,1H3. The molecule has 2 atom stereocenters. The lowest BCUT2D eigenvalue weighted by Crippen LogP contribution is -2.33. The molecule has 0 saturated heterocycles. The van der Waals surface area contributed by atoms with E-state index < -0.39 is 23.7 Å². The second kappa shape index (κ2) is 8.28. The monoisotopic (exact) mass is 414 g/mol. The Balaban J connectivity index is 1.76. The quantitative estimate of drug-likeness (QED) is 0.423. The van der Waals surface area contributed by atoms with Crippen molar-refractivity contribution in [1.29, 1.82) is 0 Å². The molecule has 4 nitrogen and oxygen atoms in total. The molecule has 152 valence electrons. The summed E-state index contributed by atoms with van der Waals surface area (Å²) in [6, 6.07) is 3.47. The number of carbonyl (C=O) groups excluding carboxylic acids is 1. The van der Waals surface area contributed by atoms with Gasteiger partial charge in [-0.15, -0.1) is 0 Å². The highest BCUT2D eigenvalue weighted by molar-refractivity contribution is 6.31. The third kappa shape index (κ3) is 4.53. The number of aliphatic imine (C=N–C) groups is 1. The molecule has 2 aliphatic carbocycles. The number of ether oxygens (including phenoxy) is 1. The zero-order valence-corrected chi connectivity index (χ0v) is 17.2. The van der Waals surface area contributed by atoms with Crippen molar-refractivity contribution in [2.75, 3.05) is 6.61 Å². The maximum absolute atomic E-state index is 13.7. The Hall–Kier alpha value is -2.19. The van der Waals surface area contributed by atoms with Crippen LogP contribution in [0, 0.1) is 24.2 Å². The molecule has 1 aromatic rings. The second-order valence-electron chi connectivity index (χ2n) is 8.35. The lowest BCUT2D eigenvalue weighted by atomic mass is 9.79. The Morgan fingerprint density at radius 3 is 2.66 bits per heavy atom. The number of carbonyl (C=O) groups is 1. The molecule has 29 heavy (non-hydrogen) atoms. The van der Waals surface area contributed by atoms with Crippen LogP contribution in [0.3, 0.4) is 0 Å². The third-order valence-electron chi connectivity index (χ3n) is 5.97. The fourth-order valence-corrected chi connectivity index (χ4v) is 4.19. The van der Waals surface area contributed by atoms with Crippen LogP contribution in [0.1, 0.15) is 56.9 Å². The molecule has 2 fully saturated rings. The van der Waals surface area contributed by atoms with Gasteiger partial charge in [0.05, 0.1) is 23.6 Å².